The lowest BCUT2D eigenvalue weighted by Gasteiger charge is -2.29. The number of hydrazone groups is 1. The second-order valence-electron chi connectivity index (χ2n) is 9.09. The summed E-state index contributed by atoms with van der Waals surface area (Å²) < 4.78 is 0. The minimum absolute atomic E-state index is 0.0226. The second-order valence-corrected chi connectivity index (χ2v) is 9.09. The molecule has 1 amide bonds. The first-order valence-corrected chi connectivity index (χ1v) is 12.1. The van der Waals surface area contributed by atoms with E-state index in [1.807, 2.05) is 66.7 Å². The van der Waals surface area contributed by atoms with Crippen LogP contribution in [0.25, 0.3) is 12.2 Å². The molecule has 2 unspecified atom stereocenters. The molecule has 1 fully saturated rings. The molecular weight excluding hydrogens is 464 g/mol. The summed E-state index contributed by atoms with van der Waals surface area (Å²) in [6.45, 7) is 0. The molecule has 1 aliphatic heterocycles. The van der Waals surface area contributed by atoms with Crippen molar-refractivity contribution >= 4 is 29.5 Å². The summed E-state index contributed by atoms with van der Waals surface area (Å²) in [4.78, 5) is 24.2. The quantitative estimate of drug-likeness (QED) is 0.181. The van der Waals surface area contributed by atoms with Crippen LogP contribution in [-0.2, 0) is 4.79 Å². The summed E-state index contributed by atoms with van der Waals surface area (Å²) in [6, 6.07) is 27.3. The van der Waals surface area contributed by atoms with Crippen LogP contribution in [0.15, 0.2) is 101 Å². The van der Waals surface area contributed by atoms with E-state index in [-0.39, 0.29) is 23.2 Å². The number of non-ortho nitro benzene ring substituents is 1. The van der Waals surface area contributed by atoms with Crippen molar-refractivity contribution in [2.24, 2.45) is 11.0 Å². The van der Waals surface area contributed by atoms with E-state index in [0.29, 0.717) is 5.56 Å². The highest BCUT2D eigenvalue weighted by atomic mass is 16.6. The summed E-state index contributed by atoms with van der Waals surface area (Å²) >= 11 is 0. The predicted octanol–water partition coefficient (Wildman–Crippen LogP) is 6.32. The van der Waals surface area contributed by atoms with Crippen molar-refractivity contribution in [3.8, 4) is 6.07 Å². The number of nitro groups is 1. The van der Waals surface area contributed by atoms with E-state index in [1.54, 1.807) is 0 Å². The second kappa shape index (κ2) is 10.4. The molecule has 3 aromatic carbocycles. The smallest absolute Gasteiger partial charge is 0.266 e. The van der Waals surface area contributed by atoms with Gasteiger partial charge in [-0.05, 0) is 65.8 Å². The lowest BCUT2D eigenvalue weighted by Crippen LogP contribution is -2.32. The molecule has 182 valence electrons. The number of nitriles is 1. The van der Waals surface area contributed by atoms with Crippen LogP contribution in [-0.4, -0.2) is 21.6 Å². The van der Waals surface area contributed by atoms with E-state index < -0.39 is 10.8 Å². The Balaban J connectivity index is 1.54. The number of fused-ring (bicyclic) bond motifs is 1. The number of allylic oxidation sites excluding steroid dienone is 1. The fraction of sp³-hybridized carbons (Fsp3) is 0.167. The Morgan fingerprint density at radius 1 is 1.00 bits per heavy atom. The molecule has 1 aliphatic carbocycles. The Labute approximate surface area is 214 Å². The van der Waals surface area contributed by atoms with Crippen molar-refractivity contribution < 1.29 is 9.72 Å². The SMILES string of the molecule is N#CC(=Cc1ccc([N+](=O)[O-])cc1)C(=O)N1N=C2C(=Cc3ccccc3)CCCC2C1c1ccccc1. The molecule has 7 heteroatoms. The minimum Gasteiger partial charge on any atom is -0.266 e. The zero-order valence-electron chi connectivity index (χ0n) is 20.0. The normalized spacial score (nSPS) is 20.2. The summed E-state index contributed by atoms with van der Waals surface area (Å²) in [5.74, 6) is -0.468. The van der Waals surface area contributed by atoms with E-state index in [9.17, 15) is 20.2 Å². The Hall–Kier alpha value is -4.83. The van der Waals surface area contributed by atoms with Crippen LogP contribution >= 0.6 is 0 Å². The number of hydrogen-bond acceptors (Lipinski definition) is 5. The molecule has 0 radical (unpaired) electrons. The summed E-state index contributed by atoms with van der Waals surface area (Å²) in [5, 5.41) is 27.2. The molecule has 0 aromatic heterocycles. The number of nitro benzene ring substituents is 1. The minimum atomic E-state index is -0.490. The van der Waals surface area contributed by atoms with Gasteiger partial charge in [0.2, 0.25) is 0 Å². The van der Waals surface area contributed by atoms with Crippen molar-refractivity contribution in [1.82, 2.24) is 5.01 Å². The first-order chi connectivity index (χ1) is 18.0. The van der Waals surface area contributed by atoms with Gasteiger partial charge in [0.1, 0.15) is 11.6 Å². The maximum atomic E-state index is 13.7. The Kier molecular flexibility index (Phi) is 6.73. The van der Waals surface area contributed by atoms with Gasteiger partial charge >= 0.3 is 0 Å². The number of carbonyl (C=O) groups is 1. The van der Waals surface area contributed by atoms with Gasteiger partial charge in [-0.15, -0.1) is 0 Å². The highest BCUT2D eigenvalue weighted by molar-refractivity contribution is 6.10. The Bertz CT molecular complexity index is 1450. The molecule has 5 rings (SSSR count). The summed E-state index contributed by atoms with van der Waals surface area (Å²) in [5.41, 5.74) is 4.44. The third-order valence-corrected chi connectivity index (χ3v) is 6.76. The van der Waals surface area contributed by atoms with Gasteiger partial charge in [-0.2, -0.15) is 10.4 Å². The molecule has 37 heavy (non-hydrogen) atoms. The first kappa shape index (κ1) is 23.9. The number of benzene rings is 3. The highest BCUT2D eigenvalue weighted by Crippen LogP contribution is 2.44. The van der Waals surface area contributed by atoms with E-state index >= 15 is 0 Å². The van der Waals surface area contributed by atoms with Gasteiger partial charge in [0, 0.05) is 18.1 Å². The van der Waals surface area contributed by atoms with Crippen molar-refractivity contribution in [3.05, 3.63) is 123 Å². The maximum Gasteiger partial charge on any atom is 0.285 e. The molecule has 0 N–H and O–H groups in total. The number of amides is 1. The van der Waals surface area contributed by atoms with Crippen LogP contribution in [0.4, 0.5) is 5.69 Å². The van der Waals surface area contributed by atoms with Crippen LogP contribution in [0.2, 0.25) is 0 Å². The number of carbonyl (C=O) groups excluding carboxylic acids is 1. The topological polar surface area (TPSA) is 99.6 Å². The molecule has 2 aliphatic rings. The Morgan fingerprint density at radius 3 is 2.32 bits per heavy atom. The average molecular weight is 489 g/mol. The maximum absolute atomic E-state index is 13.7. The molecular formula is C30H24N4O3. The molecule has 1 heterocycles. The predicted molar refractivity (Wildman–Crippen MR) is 142 cm³/mol. The van der Waals surface area contributed by atoms with Crippen molar-refractivity contribution in [2.45, 2.75) is 25.3 Å². The molecule has 0 spiro atoms. The molecule has 0 bridgehead atoms. The van der Waals surface area contributed by atoms with Gasteiger partial charge in [0.05, 0.1) is 16.7 Å². The molecule has 7 nitrogen and oxygen atoms in total. The fourth-order valence-electron chi connectivity index (χ4n) is 5.03. The van der Waals surface area contributed by atoms with E-state index in [0.717, 1.165) is 41.7 Å². The lowest BCUT2D eigenvalue weighted by atomic mass is 9.77. The van der Waals surface area contributed by atoms with Gasteiger partial charge in [-0.1, -0.05) is 60.7 Å². The summed E-state index contributed by atoms with van der Waals surface area (Å²) in [6.07, 6.45) is 6.34. The molecule has 0 saturated heterocycles. The fourth-order valence-corrected chi connectivity index (χ4v) is 5.03. The van der Waals surface area contributed by atoms with Crippen LogP contribution in [0, 0.1) is 27.4 Å². The van der Waals surface area contributed by atoms with Crippen LogP contribution in [0.5, 0.6) is 0 Å². The van der Waals surface area contributed by atoms with E-state index in [2.05, 4.69) is 6.08 Å². The zero-order chi connectivity index (χ0) is 25.8. The monoisotopic (exact) mass is 488 g/mol. The largest absolute Gasteiger partial charge is 0.285 e. The third-order valence-electron chi connectivity index (χ3n) is 6.76. The lowest BCUT2D eigenvalue weighted by molar-refractivity contribution is -0.384. The summed E-state index contributed by atoms with van der Waals surface area (Å²) in [7, 11) is 0. The third kappa shape index (κ3) is 4.95. The Morgan fingerprint density at radius 2 is 1.68 bits per heavy atom. The highest BCUT2D eigenvalue weighted by Gasteiger charge is 2.44. The van der Waals surface area contributed by atoms with Gasteiger partial charge in [-0.3, -0.25) is 14.9 Å². The first-order valence-electron chi connectivity index (χ1n) is 12.1. The van der Waals surface area contributed by atoms with Gasteiger partial charge in [-0.25, -0.2) is 5.01 Å². The number of rotatable bonds is 5. The van der Waals surface area contributed by atoms with Crippen LogP contribution < -0.4 is 0 Å². The van der Waals surface area contributed by atoms with Crippen LogP contribution in [0.1, 0.15) is 42.0 Å². The van der Waals surface area contributed by atoms with E-state index in [4.69, 9.17) is 5.10 Å². The van der Waals surface area contributed by atoms with Crippen molar-refractivity contribution in [2.75, 3.05) is 0 Å². The molecule has 1 saturated carbocycles. The number of nitrogens with zero attached hydrogens (tertiary/aromatic N) is 4. The molecule has 3 aromatic rings. The van der Waals surface area contributed by atoms with Crippen molar-refractivity contribution in [3.63, 3.8) is 0 Å². The standard InChI is InChI=1S/C30H24N4O3/c31-20-25(19-22-14-16-26(17-15-22)34(36)37)30(35)33-29(23-10-5-2-6-11-23)27-13-7-12-24(28(27)32-33)18-21-8-3-1-4-9-21/h1-6,8-11,14-19,27,29H,7,12-13H2. The van der Waals surface area contributed by atoms with Crippen molar-refractivity contribution in [1.29, 1.82) is 5.26 Å². The van der Waals surface area contributed by atoms with Crippen LogP contribution in [0.3, 0.4) is 0 Å². The zero-order valence-corrected chi connectivity index (χ0v) is 20.0. The molecule has 2 atom stereocenters. The number of hydrogen-bond donors (Lipinski definition) is 0. The average Bonchev–Trinajstić information content (AvgIpc) is 3.33. The van der Waals surface area contributed by atoms with E-state index in [1.165, 1.54) is 35.4 Å². The van der Waals surface area contributed by atoms with Gasteiger partial charge in [0.25, 0.3) is 11.6 Å². The van der Waals surface area contributed by atoms with Gasteiger partial charge < -0.3 is 0 Å². The van der Waals surface area contributed by atoms with Gasteiger partial charge in [0.15, 0.2) is 0 Å².